The van der Waals surface area contributed by atoms with Gasteiger partial charge in [-0.25, -0.2) is 4.98 Å². The number of ketones is 1. The Balaban J connectivity index is 2.83. The van der Waals surface area contributed by atoms with Gasteiger partial charge in [0.2, 0.25) is 0 Å². The highest BCUT2D eigenvalue weighted by Crippen LogP contribution is 2.25. The van der Waals surface area contributed by atoms with Crippen molar-refractivity contribution in [2.45, 2.75) is 53.0 Å². The van der Waals surface area contributed by atoms with E-state index >= 15 is 0 Å². The number of aromatic nitrogens is 1. The van der Waals surface area contributed by atoms with Gasteiger partial charge < -0.3 is 4.90 Å². The molecule has 0 N–H and O–H groups in total. The average molecular weight is 254 g/mol. The lowest BCUT2D eigenvalue weighted by molar-refractivity contribution is 0.102. The molecule has 4 heteroatoms. The maximum Gasteiger partial charge on any atom is 0.186 e. The molecule has 0 bridgehead atoms. The molecule has 0 aliphatic rings. The molecule has 0 saturated carbocycles. The molecule has 1 aromatic heterocycles. The zero-order valence-corrected chi connectivity index (χ0v) is 12.0. The van der Waals surface area contributed by atoms with E-state index in [9.17, 15) is 4.79 Å². The van der Waals surface area contributed by atoms with Crippen LogP contribution in [0.2, 0.25) is 0 Å². The van der Waals surface area contributed by atoms with Crippen molar-refractivity contribution in [1.29, 1.82) is 0 Å². The van der Waals surface area contributed by atoms with Gasteiger partial charge in [-0.3, -0.25) is 4.79 Å². The van der Waals surface area contributed by atoms with Crippen LogP contribution >= 0.6 is 11.3 Å². The molecule has 0 aromatic carbocycles. The molecule has 0 radical (unpaired) electrons. The Morgan fingerprint density at radius 3 is 2.71 bits per heavy atom. The monoisotopic (exact) mass is 254 g/mol. The first-order chi connectivity index (χ1) is 8.10. The Hall–Kier alpha value is -0.900. The van der Waals surface area contributed by atoms with E-state index in [1.54, 1.807) is 13.1 Å². The summed E-state index contributed by atoms with van der Waals surface area (Å²) in [5, 5.41) is 0.984. The summed E-state index contributed by atoms with van der Waals surface area (Å²) in [5.74, 6) is 0.105. The molecule has 0 spiro atoms. The van der Waals surface area contributed by atoms with Crippen molar-refractivity contribution in [3.05, 3.63) is 11.1 Å². The Kier molecular flexibility index (Phi) is 5.62. The van der Waals surface area contributed by atoms with Crippen LogP contribution in [0.3, 0.4) is 0 Å². The number of hydrogen-bond donors (Lipinski definition) is 0. The molecule has 17 heavy (non-hydrogen) atoms. The minimum atomic E-state index is 0.105. The molecule has 1 atom stereocenters. The molecule has 1 heterocycles. The standard InChI is InChI=1S/C13H22N2OS/c1-5-7-8-15(10(3)6-2)13-14-9-12(17-13)11(4)16/h9-10H,5-8H2,1-4H3. The molecule has 1 rings (SSSR count). The predicted molar refractivity (Wildman–Crippen MR) is 74.1 cm³/mol. The summed E-state index contributed by atoms with van der Waals surface area (Å²) in [7, 11) is 0. The number of thiazole rings is 1. The second-order valence-corrected chi connectivity index (χ2v) is 5.38. The van der Waals surface area contributed by atoms with E-state index in [1.165, 1.54) is 24.2 Å². The van der Waals surface area contributed by atoms with E-state index in [2.05, 4.69) is 30.7 Å². The smallest absolute Gasteiger partial charge is 0.186 e. The minimum Gasteiger partial charge on any atom is -0.345 e. The van der Waals surface area contributed by atoms with Crippen molar-refractivity contribution in [2.75, 3.05) is 11.4 Å². The van der Waals surface area contributed by atoms with Gasteiger partial charge in [0, 0.05) is 19.5 Å². The second-order valence-electron chi connectivity index (χ2n) is 4.37. The van der Waals surface area contributed by atoms with Crippen molar-refractivity contribution in [3.63, 3.8) is 0 Å². The van der Waals surface area contributed by atoms with Crippen LogP contribution in [-0.2, 0) is 0 Å². The van der Waals surface area contributed by atoms with Gasteiger partial charge in [-0.1, -0.05) is 31.6 Å². The first kappa shape index (κ1) is 14.2. The molecule has 1 aromatic rings. The second kappa shape index (κ2) is 6.74. The van der Waals surface area contributed by atoms with Gasteiger partial charge in [0.1, 0.15) is 0 Å². The van der Waals surface area contributed by atoms with Crippen LogP contribution in [0.1, 0.15) is 56.6 Å². The van der Waals surface area contributed by atoms with Gasteiger partial charge in [0.15, 0.2) is 10.9 Å². The van der Waals surface area contributed by atoms with Gasteiger partial charge in [0.25, 0.3) is 0 Å². The van der Waals surface area contributed by atoms with Crippen LogP contribution in [0.5, 0.6) is 0 Å². The van der Waals surface area contributed by atoms with E-state index in [0.29, 0.717) is 6.04 Å². The number of rotatable bonds is 7. The Bertz CT molecular complexity index is 362. The molecule has 0 amide bonds. The number of anilines is 1. The molecule has 0 saturated heterocycles. The van der Waals surface area contributed by atoms with Crippen LogP contribution in [0.15, 0.2) is 6.20 Å². The van der Waals surface area contributed by atoms with E-state index in [4.69, 9.17) is 0 Å². The fourth-order valence-electron chi connectivity index (χ4n) is 1.61. The summed E-state index contributed by atoms with van der Waals surface area (Å²) in [5.41, 5.74) is 0. The van der Waals surface area contributed by atoms with E-state index in [0.717, 1.165) is 23.0 Å². The predicted octanol–water partition coefficient (Wildman–Crippen LogP) is 3.75. The van der Waals surface area contributed by atoms with Gasteiger partial charge >= 0.3 is 0 Å². The van der Waals surface area contributed by atoms with Crippen LogP contribution < -0.4 is 4.90 Å². The lowest BCUT2D eigenvalue weighted by Crippen LogP contribution is -2.33. The van der Waals surface area contributed by atoms with Gasteiger partial charge in [-0.2, -0.15) is 0 Å². The SMILES string of the molecule is CCCCN(c1ncc(C(C)=O)s1)C(C)CC. The number of nitrogens with zero attached hydrogens (tertiary/aromatic N) is 2. The highest BCUT2D eigenvalue weighted by atomic mass is 32.1. The van der Waals surface area contributed by atoms with Crippen molar-refractivity contribution in [3.8, 4) is 0 Å². The third-order valence-corrected chi connectivity index (χ3v) is 4.10. The maximum atomic E-state index is 11.3. The van der Waals surface area contributed by atoms with E-state index < -0.39 is 0 Å². The molecule has 1 unspecified atom stereocenters. The van der Waals surface area contributed by atoms with E-state index in [1.807, 2.05) is 0 Å². The maximum absolute atomic E-state index is 11.3. The van der Waals surface area contributed by atoms with E-state index in [-0.39, 0.29) is 5.78 Å². The first-order valence-electron chi connectivity index (χ1n) is 6.33. The van der Waals surface area contributed by atoms with Gasteiger partial charge in [-0.15, -0.1) is 0 Å². The fraction of sp³-hybridized carbons (Fsp3) is 0.692. The molecule has 96 valence electrons. The first-order valence-corrected chi connectivity index (χ1v) is 7.15. The summed E-state index contributed by atoms with van der Waals surface area (Å²) in [4.78, 5) is 18.7. The number of carbonyl (C=O) groups is 1. The Morgan fingerprint density at radius 1 is 1.53 bits per heavy atom. The van der Waals surface area contributed by atoms with Gasteiger partial charge in [-0.05, 0) is 19.8 Å². The molecule has 0 aliphatic carbocycles. The number of carbonyl (C=O) groups excluding carboxylic acids is 1. The highest BCUT2D eigenvalue weighted by molar-refractivity contribution is 7.17. The van der Waals surface area contributed by atoms with Crippen LogP contribution in [-0.4, -0.2) is 23.4 Å². The molecule has 3 nitrogen and oxygen atoms in total. The summed E-state index contributed by atoms with van der Waals surface area (Å²) >= 11 is 1.51. The normalized spacial score (nSPS) is 12.5. The highest BCUT2D eigenvalue weighted by Gasteiger charge is 2.17. The Labute approximate surface area is 108 Å². The zero-order valence-electron chi connectivity index (χ0n) is 11.2. The number of Topliss-reactive ketones (excluding diaryl/α,β-unsaturated/α-hetero) is 1. The molecule has 0 fully saturated rings. The summed E-state index contributed by atoms with van der Waals surface area (Å²) in [6, 6.07) is 0.479. The molecular formula is C13H22N2OS. The molecule has 0 aliphatic heterocycles. The summed E-state index contributed by atoms with van der Waals surface area (Å²) in [6.07, 6.45) is 5.14. The van der Waals surface area contributed by atoms with Crippen LogP contribution in [0.4, 0.5) is 5.13 Å². The average Bonchev–Trinajstić information content (AvgIpc) is 2.78. The summed E-state index contributed by atoms with van der Waals surface area (Å²) < 4.78 is 0. The van der Waals surface area contributed by atoms with Crippen LogP contribution in [0, 0.1) is 0 Å². The van der Waals surface area contributed by atoms with Crippen molar-refractivity contribution in [1.82, 2.24) is 4.98 Å². The quantitative estimate of drug-likeness (QED) is 0.695. The third kappa shape index (κ3) is 3.80. The van der Waals surface area contributed by atoms with Crippen molar-refractivity contribution >= 4 is 22.3 Å². The minimum absolute atomic E-state index is 0.105. The lowest BCUT2D eigenvalue weighted by Gasteiger charge is -2.27. The van der Waals surface area contributed by atoms with Crippen LogP contribution in [0.25, 0.3) is 0 Å². The zero-order chi connectivity index (χ0) is 12.8. The molecular weight excluding hydrogens is 232 g/mol. The van der Waals surface area contributed by atoms with Crippen molar-refractivity contribution < 1.29 is 4.79 Å². The summed E-state index contributed by atoms with van der Waals surface area (Å²) in [6.45, 7) is 9.21. The lowest BCUT2D eigenvalue weighted by atomic mass is 10.2. The van der Waals surface area contributed by atoms with Crippen molar-refractivity contribution in [2.24, 2.45) is 0 Å². The Morgan fingerprint density at radius 2 is 2.24 bits per heavy atom. The third-order valence-electron chi connectivity index (χ3n) is 2.96. The largest absolute Gasteiger partial charge is 0.345 e. The van der Waals surface area contributed by atoms with Gasteiger partial charge in [0.05, 0.1) is 11.1 Å². The fourth-order valence-corrected chi connectivity index (χ4v) is 2.55. The topological polar surface area (TPSA) is 33.2 Å². The number of hydrogen-bond acceptors (Lipinski definition) is 4. The number of unbranched alkanes of at least 4 members (excludes halogenated alkanes) is 1.